The van der Waals surface area contributed by atoms with Crippen LogP contribution in [0.2, 0.25) is 0 Å². The number of fused-ring (bicyclic) bond motifs is 5. The number of hydrogen-bond acceptors (Lipinski definition) is 3. The van der Waals surface area contributed by atoms with Gasteiger partial charge in [0.15, 0.2) is 0 Å². The van der Waals surface area contributed by atoms with Crippen molar-refractivity contribution in [2.45, 2.75) is 131 Å². The molecule has 0 heterocycles. The predicted molar refractivity (Wildman–Crippen MR) is 140 cm³/mol. The van der Waals surface area contributed by atoms with Crippen molar-refractivity contribution in [3.63, 3.8) is 0 Å². The number of aliphatic hydroxyl groups excluding tert-OH is 2. The van der Waals surface area contributed by atoms with Crippen LogP contribution in [0.3, 0.4) is 0 Å². The van der Waals surface area contributed by atoms with Crippen LogP contribution in [0, 0.1) is 51.2 Å². The number of rotatable bonds is 4. The molecule has 0 aromatic rings. The van der Waals surface area contributed by atoms with Gasteiger partial charge in [-0.25, -0.2) is 0 Å². The summed E-state index contributed by atoms with van der Waals surface area (Å²) >= 11 is 0. The molecule has 4 rings (SSSR count). The van der Waals surface area contributed by atoms with Crippen molar-refractivity contribution in [3.05, 3.63) is 11.6 Å². The minimum absolute atomic E-state index is 0.0431. The molecular weight excluding hydrogens is 420 g/mol. The fourth-order valence-electron chi connectivity index (χ4n) is 10.9. The maximum Gasteiger partial charge on any atom is 0.0653 e. The van der Waals surface area contributed by atoms with Crippen LogP contribution in [0.25, 0.3) is 0 Å². The normalized spacial score (nSPS) is 51.6. The fraction of sp³-hybridized carbons (Fsp3) is 0.935. The van der Waals surface area contributed by atoms with Crippen LogP contribution in [0.5, 0.6) is 0 Å². The second kappa shape index (κ2) is 8.32. The van der Waals surface area contributed by atoms with Gasteiger partial charge >= 0.3 is 0 Å². The van der Waals surface area contributed by atoms with Crippen molar-refractivity contribution in [2.75, 3.05) is 0 Å². The third-order valence-corrected chi connectivity index (χ3v) is 12.6. The van der Waals surface area contributed by atoms with E-state index in [1.165, 1.54) is 12.0 Å². The van der Waals surface area contributed by atoms with Crippen LogP contribution >= 0.6 is 0 Å². The summed E-state index contributed by atoms with van der Waals surface area (Å²) in [6.07, 6.45) is 9.45. The fourth-order valence-corrected chi connectivity index (χ4v) is 10.9. The highest BCUT2D eigenvalue weighted by Crippen LogP contribution is 2.76. The summed E-state index contributed by atoms with van der Waals surface area (Å²) in [6.45, 7) is 20.7. The first-order valence-electron chi connectivity index (χ1n) is 14.2. The Kier molecular flexibility index (Phi) is 6.53. The van der Waals surface area contributed by atoms with Crippen LogP contribution in [-0.2, 0) is 0 Å². The molecule has 0 spiro atoms. The Morgan fingerprint density at radius 2 is 1.65 bits per heavy atom. The Morgan fingerprint density at radius 3 is 2.26 bits per heavy atom. The van der Waals surface area contributed by atoms with Gasteiger partial charge in [-0.3, -0.25) is 0 Å². The Labute approximate surface area is 209 Å². The quantitative estimate of drug-likeness (QED) is 0.395. The average Bonchev–Trinajstić information content (AvgIpc) is 3.07. The van der Waals surface area contributed by atoms with Crippen molar-refractivity contribution >= 4 is 0 Å². The first-order valence-corrected chi connectivity index (χ1v) is 14.2. The molecular formula is C31H54O3. The van der Waals surface area contributed by atoms with Crippen molar-refractivity contribution in [1.82, 2.24) is 0 Å². The molecule has 34 heavy (non-hydrogen) atoms. The number of allylic oxidation sites excluding steroid dienone is 2. The molecule has 0 unspecified atom stereocenters. The summed E-state index contributed by atoms with van der Waals surface area (Å²) in [4.78, 5) is 0. The zero-order valence-electron chi connectivity index (χ0n) is 23.6. The molecule has 0 amide bonds. The summed E-state index contributed by atoms with van der Waals surface area (Å²) in [5.74, 6) is 2.06. The average molecular weight is 475 g/mol. The predicted octanol–water partition coefficient (Wildman–Crippen LogP) is 6.75. The van der Waals surface area contributed by atoms with Crippen LogP contribution < -0.4 is 0 Å². The molecule has 3 N–H and O–H groups in total. The van der Waals surface area contributed by atoms with Crippen LogP contribution in [0.1, 0.15) is 114 Å². The third kappa shape index (κ3) is 3.61. The molecule has 3 heteroatoms. The molecule has 4 fully saturated rings. The summed E-state index contributed by atoms with van der Waals surface area (Å²) in [7, 11) is 0. The molecule has 3 nitrogen and oxygen atoms in total. The first-order chi connectivity index (χ1) is 15.5. The van der Waals surface area contributed by atoms with Gasteiger partial charge in [-0.15, -0.1) is 0 Å². The van der Waals surface area contributed by atoms with Gasteiger partial charge in [0, 0.05) is 0 Å². The smallest absolute Gasteiger partial charge is 0.0653 e. The maximum atomic E-state index is 11.8. The Hall–Kier alpha value is -0.380. The standard InChI is InChI=1S/C31H54O3/c1-19(2)11-10-14-31(9,34)21-12-16-29(7)25(21)20(3)17-23-28(6)15-13-24(33)27(4,5)26(28)22(32)18-30(23,29)8/h11,20-26,32-34H,10,12-18H2,1-9H3/t20-,21+,22+,23-,24+,25-,26+,28-,29-,30-,31+/m1/s1. The zero-order chi connectivity index (χ0) is 25.5. The van der Waals surface area contributed by atoms with Gasteiger partial charge in [0.05, 0.1) is 17.8 Å². The SMILES string of the molecule is CC(C)=CCC[C@](C)(O)[C@H]1CC[C@]2(C)[C@@H]1[C@H](C)C[C@@H]1[C@@]3(C)CC[C@H](O)C(C)(C)[C@@H]3[C@@H](O)C[C@]12C. The van der Waals surface area contributed by atoms with Crippen LogP contribution in [-0.4, -0.2) is 33.1 Å². The highest BCUT2D eigenvalue weighted by atomic mass is 16.3. The number of hydrogen-bond donors (Lipinski definition) is 3. The zero-order valence-corrected chi connectivity index (χ0v) is 23.6. The number of aliphatic hydroxyl groups is 3. The van der Waals surface area contributed by atoms with E-state index < -0.39 is 5.60 Å². The van der Waals surface area contributed by atoms with Gasteiger partial charge in [0.25, 0.3) is 0 Å². The minimum atomic E-state index is -0.650. The molecule has 0 bridgehead atoms. The molecule has 0 radical (unpaired) electrons. The van der Waals surface area contributed by atoms with Crippen molar-refractivity contribution in [2.24, 2.45) is 51.2 Å². The van der Waals surface area contributed by atoms with Gasteiger partial charge in [0.1, 0.15) is 0 Å². The summed E-state index contributed by atoms with van der Waals surface area (Å²) in [6, 6.07) is 0. The van der Waals surface area contributed by atoms with Crippen molar-refractivity contribution in [1.29, 1.82) is 0 Å². The largest absolute Gasteiger partial charge is 0.393 e. The van der Waals surface area contributed by atoms with E-state index in [0.29, 0.717) is 23.7 Å². The molecule has 196 valence electrons. The lowest BCUT2D eigenvalue weighted by Gasteiger charge is -2.71. The second-order valence-electron chi connectivity index (χ2n) is 15.1. The summed E-state index contributed by atoms with van der Waals surface area (Å²) in [5.41, 5.74) is 0.631. The second-order valence-corrected chi connectivity index (χ2v) is 15.1. The molecule has 4 aliphatic carbocycles. The van der Waals surface area contributed by atoms with Crippen LogP contribution in [0.15, 0.2) is 11.6 Å². The van der Waals surface area contributed by atoms with Crippen molar-refractivity contribution in [3.8, 4) is 0 Å². The monoisotopic (exact) mass is 474 g/mol. The van der Waals surface area contributed by atoms with E-state index in [2.05, 4.69) is 68.4 Å². The molecule has 4 saturated carbocycles. The molecule has 0 aromatic carbocycles. The molecule has 4 aliphatic rings. The van der Waals surface area contributed by atoms with E-state index in [1.54, 1.807) is 0 Å². The third-order valence-electron chi connectivity index (χ3n) is 12.6. The maximum absolute atomic E-state index is 11.8. The van der Waals surface area contributed by atoms with Gasteiger partial charge in [-0.05, 0) is 123 Å². The molecule has 0 aromatic heterocycles. The van der Waals surface area contributed by atoms with E-state index in [4.69, 9.17) is 0 Å². The van der Waals surface area contributed by atoms with Crippen LogP contribution in [0.4, 0.5) is 0 Å². The first kappa shape index (κ1) is 26.7. The van der Waals surface area contributed by atoms with Gasteiger partial charge in [0.2, 0.25) is 0 Å². The molecule has 11 atom stereocenters. The molecule has 0 saturated heterocycles. The van der Waals surface area contributed by atoms with E-state index >= 15 is 0 Å². The lowest BCUT2D eigenvalue weighted by Crippen LogP contribution is -2.69. The van der Waals surface area contributed by atoms with E-state index in [0.717, 1.165) is 44.9 Å². The van der Waals surface area contributed by atoms with E-state index in [-0.39, 0.29) is 39.8 Å². The Balaban J connectivity index is 1.70. The highest BCUT2D eigenvalue weighted by Gasteiger charge is 2.72. The molecule has 0 aliphatic heterocycles. The van der Waals surface area contributed by atoms with Gasteiger partial charge < -0.3 is 15.3 Å². The topological polar surface area (TPSA) is 60.7 Å². The van der Waals surface area contributed by atoms with E-state index in [1.807, 2.05) is 0 Å². The van der Waals surface area contributed by atoms with E-state index in [9.17, 15) is 15.3 Å². The highest BCUT2D eigenvalue weighted by molar-refractivity contribution is 5.21. The van der Waals surface area contributed by atoms with Gasteiger partial charge in [-0.2, -0.15) is 0 Å². The van der Waals surface area contributed by atoms with Crippen molar-refractivity contribution < 1.29 is 15.3 Å². The Bertz CT molecular complexity index is 809. The summed E-state index contributed by atoms with van der Waals surface area (Å²) in [5, 5.41) is 34.4. The lowest BCUT2D eigenvalue weighted by atomic mass is 9.34. The van der Waals surface area contributed by atoms with Gasteiger partial charge in [-0.1, -0.05) is 53.2 Å². The lowest BCUT2D eigenvalue weighted by molar-refractivity contribution is -0.266. The minimum Gasteiger partial charge on any atom is -0.393 e. The summed E-state index contributed by atoms with van der Waals surface area (Å²) < 4.78 is 0. The Morgan fingerprint density at radius 1 is 1.00 bits per heavy atom.